The Balaban J connectivity index is 1.92. The summed E-state index contributed by atoms with van der Waals surface area (Å²) >= 11 is 0. The molecule has 3 rings (SSSR count). The summed E-state index contributed by atoms with van der Waals surface area (Å²) in [6.07, 6.45) is 3.72. The SMILES string of the molecule is CCCCc1cc2c(o1)C(=O)CC2c1ccccc1. The maximum atomic E-state index is 12.0. The topological polar surface area (TPSA) is 30.2 Å². The molecule has 1 atom stereocenters. The second-order valence-electron chi connectivity index (χ2n) is 5.19. The number of hydrogen-bond acceptors (Lipinski definition) is 2. The predicted molar refractivity (Wildman–Crippen MR) is 74.6 cm³/mol. The number of rotatable bonds is 4. The monoisotopic (exact) mass is 254 g/mol. The molecule has 2 nitrogen and oxygen atoms in total. The molecule has 2 aromatic rings. The molecule has 1 aliphatic rings. The average molecular weight is 254 g/mol. The van der Waals surface area contributed by atoms with Gasteiger partial charge in [-0.1, -0.05) is 43.7 Å². The van der Waals surface area contributed by atoms with Crippen molar-refractivity contribution in [2.24, 2.45) is 0 Å². The molecule has 0 saturated heterocycles. The van der Waals surface area contributed by atoms with Crippen molar-refractivity contribution in [1.82, 2.24) is 0 Å². The molecule has 0 spiro atoms. The smallest absolute Gasteiger partial charge is 0.199 e. The molecule has 19 heavy (non-hydrogen) atoms. The van der Waals surface area contributed by atoms with Gasteiger partial charge in [-0.25, -0.2) is 0 Å². The van der Waals surface area contributed by atoms with Gasteiger partial charge in [-0.2, -0.15) is 0 Å². The minimum Gasteiger partial charge on any atom is -0.458 e. The molecule has 1 aliphatic carbocycles. The summed E-state index contributed by atoms with van der Waals surface area (Å²) in [4.78, 5) is 12.0. The molecule has 0 radical (unpaired) electrons. The molecule has 1 heterocycles. The van der Waals surface area contributed by atoms with Gasteiger partial charge in [0.25, 0.3) is 0 Å². The van der Waals surface area contributed by atoms with Crippen LogP contribution < -0.4 is 0 Å². The van der Waals surface area contributed by atoms with Crippen LogP contribution in [0.2, 0.25) is 0 Å². The molecule has 0 amide bonds. The van der Waals surface area contributed by atoms with Gasteiger partial charge in [-0.05, 0) is 18.1 Å². The first-order chi connectivity index (χ1) is 9.29. The molecule has 0 N–H and O–H groups in total. The summed E-state index contributed by atoms with van der Waals surface area (Å²) in [6, 6.07) is 12.3. The highest BCUT2D eigenvalue weighted by molar-refractivity contribution is 5.99. The van der Waals surface area contributed by atoms with E-state index in [1.165, 1.54) is 5.56 Å². The number of carbonyl (C=O) groups excluding carboxylic acids is 1. The Labute approximate surface area is 113 Å². The zero-order chi connectivity index (χ0) is 13.2. The molecule has 1 aromatic carbocycles. The van der Waals surface area contributed by atoms with Gasteiger partial charge >= 0.3 is 0 Å². The van der Waals surface area contributed by atoms with Crippen LogP contribution in [-0.4, -0.2) is 5.78 Å². The van der Waals surface area contributed by atoms with Crippen molar-refractivity contribution in [2.45, 2.75) is 38.5 Å². The first-order valence-corrected chi connectivity index (χ1v) is 7.00. The minimum absolute atomic E-state index is 0.145. The Kier molecular flexibility index (Phi) is 3.24. The lowest BCUT2D eigenvalue weighted by Gasteiger charge is -2.08. The van der Waals surface area contributed by atoms with E-state index in [1.807, 2.05) is 18.2 Å². The molecule has 1 unspecified atom stereocenters. The van der Waals surface area contributed by atoms with Crippen LogP contribution in [0.5, 0.6) is 0 Å². The second kappa shape index (κ2) is 5.04. The lowest BCUT2D eigenvalue weighted by atomic mass is 9.94. The fraction of sp³-hybridized carbons (Fsp3) is 0.353. The Morgan fingerprint density at radius 3 is 2.79 bits per heavy atom. The molecule has 2 heteroatoms. The standard InChI is InChI=1S/C17H18O2/c1-2-3-9-13-10-15-14(11-16(18)17(15)19-13)12-7-5-4-6-8-12/h4-8,10,14H,2-3,9,11H2,1H3. The van der Waals surface area contributed by atoms with Crippen LogP contribution in [0, 0.1) is 0 Å². The minimum atomic E-state index is 0.145. The number of aryl methyl sites for hydroxylation is 1. The van der Waals surface area contributed by atoms with Gasteiger partial charge in [0.05, 0.1) is 0 Å². The zero-order valence-electron chi connectivity index (χ0n) is 11.2. The van der Waals surface area contributed by atoms with E-state index in [1.54, 1.807) is 0 Å². The number of ketones is 1. The van der Waals surface area contributed by atoms with Crippen LogP contribution in [0.1, 0.15) is 59.5 Å². The van der Waals surface area contributed by atoms with Gasteiger partial charge in [0.1, 0.15) is 5.76 Å². The summed E-state index contributed by atoms with van der Waals surface area (Å²) in [6.45, 7) is 2.16. The largest absolute Gasteiger partial charge is 0.458 e. The van der Waals surface area contributed by atoms with Gasteiger partial charge in [-0.15, -0.1) is 0 Å². The third-order valence-electron chi connectivity index (χ3n) is 3.81. The van der Waals surface area contributed by atoms with Crippen molar-refractivity contribution in [1.29, 1.82) is 0 Å². The highest BCUT2D eigenvalue weighted by Gasteiger charge is 2.34. The van der Waals surface area contributed by atoms with Gasteiger partial charge < -0.3 is 4.42 Å². The fourth-order valence-electron chi connectivity index (χ4n) is 2.78. The van der Waals surface area contributed by atoms with Gasteiger partial charge in [-0.3, -0.25) is 4.79 Å². The van der Waals surface area contributed by atoms with E-state index in [2.05, 4.69) is 25.1 Å². The molecule has 0 bridgehead atoms. The molecule has 0 aliphatic heterocycles. The molecular formula is C17H18O2. The highest BCUT2D eigenvalue weighted by atomic mass is 16.3. The second-order valence-corrected chi connectivity index (χ2v) is 5.19. The number of hydrogen-bond donors (Lipinski definition) is 0. The molecule has 1 aromatic heterocycles. The van der Waals surface area contributed by atoms with E-state index in [0.29, 0.717) is 12.2 Å². The number of Topliss-reactive ketones (excluding diaryl/α,β-unsaturated/α-hetero) is 1. The molecule has 0 saturated carbocycles. The van der Waals surface area contributed by atoms with Crippen LogP contribution in [0.3, 0.4) is 0 Å². The van der Waals surface area contributed by atoms with E-state index in [4.69, 9.17) is 4.42 Å². The van der Waals surface area contributed by atoms with Crippen LogP contribution >= 0.6 is 0 Å². The zero-order valence-corrected chi connectivity index (χ0v) is 11.2. The van der Waals surface area contributed by atoms with Crippen molar-refractivity contribution in [2.75, 3.05) is 0 Å². The number of fused-ring (bicyclic) bond motifs is 1. The van der Waals surface area contributed by atoms with Crippen molar-refractivity contribution in [3.05, 3.63) is 59.0 Å². The maximum Gasteiger partial charge on any atom is 0.199 e. The van der Waals surface area contributed by atoms with Gasteiger partial charge in [0.2, 0.25) is 0 Å². The van der Waals surface area contributed by atoms with Crippen molar-refractivity contribution >= 4 is 5.78 Å². The van der Waals surface area contributed by atoms with Crippen LogP contribution in [0.25, 0.3) is 0 Å². The van der Waals surface area contributed by atoms with E-state index in [0.717, 1.165) is 30.6 Å². The van der Waals surface area contributed by atoms with Crippen LogP contribution in [0.4, 0.5) is 0 Å². The normalized spacial score (nSPS) is 17.7. The molecular weight excluding hydrogens is 236 g/mol. The first kappa shape index (κ1) is 12.2. The fourth-order valence-corrected chi connectivity index (χ4v) is 2.78. The quantitative estimate of drug-likeness (QED) is 0.812. The van der Waals surface area contributed by atoms with Crippen molar-refractivity contribution in [3.63, 3.8) is 0 Å². The Bertz CT molecular complexity index is 581. The third-order valence-corrected chi connectivity index (χ3v) is 3.81. The van der Waals surface area contributed by atoms with E-state index in [-0.39, 0.29) is 11.7 Å². The van der Waals surface area contributed by atoms with Gasteiger partial charge in [0.15, 0.2) is 11.5 Å². The van der Waals surface area contributed by atoms with E-state index >= 15 is 0 Å². The summed E-state index contributed by atoms with van der Waals surface area (Å²) < 4.78 is 5.74. The van der Waals surface area contributed by atoms with Crippen molar-refractivity contribution < 1.29 is 9.21 Å². The summed E-state index contributed by atoms with van der Waals surface area (Å²) in [5.41, 5.74) is 2.29. The van der Waals surface area contributed by atoms with Gasteiger partial charge in [0, 0.05) is 24.3 Å². The average Bonchev–Trinajstić information content (AvgIpc) is 2.98. The summed E-state index contributed by atoms with van der Waals surface area (Å²) in [5.74, 6) is 1.88. The Hall–Kier alpha value is -1.83. The number of furan rings is 1. The Morgan fingerprint density at radius 1 is 1.26 bits per heavy atom. The number of carbonyl (C=O) groups is 1. The van der Waals surface area contributed by atoms with E-state index < -0.39 is 0 Å². The lowest BCUT2D eigenvalue weighted by molar-refractivity contribution is 0.0965. The highest BCUT2D eigenvalue weighted by Crippen LogP contribution is 2.39. The number of benzene rings is 1. The third kappa shape index (κ3) is 2.23. The van der Waals surface area contributed by atoms with Crippen molar-refractivity contribution in [3.8, 4) is 0 Å². The Morgan fingerprint density at radius 2 is 2.05 bits per heavy atom. The van der Waals surface area contributed by atoms with Crippen LogP contribution in [-0.2, 0) is 6.42 Å². The molecule has 98 valence electrons. The lowest BCUT2D eigenvalue weighted by Crippen LogP contribution is -1.97. The summed E-state index contributed by atoms with van der Waals surface area (Å²) in [7, 11) is 0. The van der Waals surface area contributed by atoms with E-state index in [9.17, 15) is 4.79 Å². The maximum absolute atomic E-state index is 12.0. The number of unbranched alkanes of at least 4 members (excludes halogenated alkanes) is 1. The molecule has 0 fully saturated rings. The first-order valence-electron chi connectivity index (χ1n) is 7.00. The van der Waals surface area contributed by atoms with Crippen LogP contribution in [0.15, 0.2) is 40.8 Å². The summed E-state index contributed by atoms with van der Waals surface area (Å²) in [5, 5.41) is 0. The predicted octanol–water partition coefficient (Wildman–Crippen LogP) is 4.34.